The van der Waals surface area contributed by atoms with Crippen LogP contribution in [0.2, 0.25) is 0 Å². The molecule has 0 fully saturated rings. The van der Waals surface area contributed by atoms with E-state index in [0.29, 0.717) is 5.56 Å². The molecule has 0 aliphatic heterocycles. The van der Waals surface area contributed by atoms with Crippen molar-refractivity contribution in [2.24, 2.45) is 0 Å². The highest BCUT2D eigenvalue weighted by atomic mass is 19.1. The van der Waals surface area contributed by atoms with Gasteiger partial charge in [0.15, 0.2) is 6.29 Å². The standard InChI is InChI=1S/C13H17FN2O4/c1-8-4-5-9(6-10(8)14)16-13(18)12(17)15-7-11(19-2)20-3/h4-6,11H,7H2,1-3H3,(H,15,17)(H,16,18). The van der Waals surface area contributed by atoms with Crippen molar-refractivity contribution in [1.29, 1.82) is 0 Å². The van der Waals surface area contributed by atoms with Crippen LogP contribution in [-0.4, -0.2) is 38.9 Å². The van der Waals surface area contributed by atoms with Crippen LogP contribution in [0.1, 0.15) is 5.56 Å². The third-order valence-corrected chi connectivity index (χ3v) is 2.59. The van der Waals surface area contributed by atoms with Crippen molar-refractivity contribution in [2.45, 2.75) is 13.2 Å². The van der Waals surface area contributed by atoms with E-state index in [1.807, 2.05) is 0 Å². The van der Waals surface area contributed by atoms with Gasteiger partial charge in [0.2, 0.25) is 0 Å². The maximum Gasteiger partial charge on any atom is 0.313 e. The maximum atomic E-state index is 13.3. The Morgan fingerprint density at radius 2 is 1.90 bits per heavy atom. The quantitative estimate of drug-likeness (QED) is 0.619. The van der Waals surface area contributed by atoms with E-state index in [4.69, 9.17) is 9.47 Å². The first kappa shape index (κ1) is 16.1. The Labute approximate surface area is 116 Å². The SMILES string of the molecule is COC(CNC(=O)C(=O)Nc1ccc(C)c(F)c1)OC. The molecule has 0 saturated carbocycles. The van der Waals surface area contributed by atoms with Gasteiger partial charge in [-0.1, -0.05) is 6.07 Å². The highest BCUT2D eigenvalue weighted by molar-refractivity contribution is 6.39. The van der Waals surface area contributed by atoms with Gasteiger partial charge in [0.05, 0.1) is 6.54 Å². The minimum Gasteiger partial charge on any atom is -0.354 e. The van der Waals surface area contributed by atoms with Crippen molar-refractivity contribution in [2.75, 3.05) is 26.1 Å². The molecule has 7 heteroatoms. The largest absolute Gasteiger partial charge is 0.354 e. The summed E-state index contributed by atoms with van der Waals surface area (Å²) in [7, 11) is 2.82. The van der Waals surface area contributed by atoms with Crippen LogP contribution in [0.3, 0.4) is 0 Å². The molecular weight excluding hydrogens is 267 g/mol. The van der Waals surface area contributed by atoms with Crippen molar-refractivity contribution in [1.82, 2.24) is 5.32 Å². The molecule has 0 atom stereocenters. The van der Waals surface area contributed by atoms with E-state index in [1.165, 1.54) is 26.4 Å². The Morgan fingerprint density at radius 1 is 1.25 bits per heavy atom. The summed E-state index contributed by atoms with van der Waals surface area (Å²) in [6, 6.07) is 4.17. The lowest BCUT2D eigenvalue weighted by Crippen LogP contribution is -2.40. The summed E-state index contributed by atoms with van der Waals surface area (Å²) in [6.45, 7) is 1.63. The molecule has 0 bridgehead atoms. The van der Waals surface area contributed by atoms with Crippen LogP contribution < -0.4 is 10.6 Å². The molecule has 2 amide bonds. The molecule has 0 heterocycles. The summed E-state index contributed by atoms with van der Waals surface area (Å²) in [4.78, 5) is 23.1. The van der Waals surface area contributed by atoms with E-state index in [2.05, 4.69) is 10.6 Å². The Morgan fingerprint density at radius 3 is 2.45 bits per heavy atom. The van der Waals surface area contributed by atoms with Crippen molar-refractivity contribution < 1.29 is 23.5 Å². The number of rotatable bonds is 5. The molecule has 0 radical (unpaired) electrons. The number of halogens is 1. The van der Waals surface area contributed by atoms with E-state index in [0.717, 1.165) is 6.07 Å². The molecule has 2 N–H and O–H groups in total. The molecule has 0 spiro atoms. The Hall–Kier alpha value is -1.99. The number of hydrogen-bond acceptors (Lipinski definition) is 4. The summed E-state index contributed by atoms with van der Waals surface area (Å²) < 4.78 is 23.0. The summed E-state index contributed by atoms with van der Waals surface area (Å²) >= 11 is 0. The number of carbonyl (C=O) groups excluding carboxylic acids is 2. The highest BCUT2D eigenvalue weighted by Gasteiger charge is 2.16. The molecule has 6 nitrogen and oxygen atoms in total. The fraction of sp³-hybridized carbons (Fsp3) is 0.385. The molecular formula is C13H17FN2O4. The van der Waals surface area contributed by atoms with Crippen LogP contribution in [0.4, 0.5) is 10.1 Å². The van der Waals surface area contributed by atoms with Crippen LogP contribution in [0, 0.1) is 12.7 Å². The molecule has 0 aromatic heterocycles. The van der Waals surface area contributed by atoms with Crippen molar-refractivity contribution in [3.05, 3.63) is 29.6 Å². The van der Waals surface area contributed by atoms with Crippen molar-refractivity contribution >= 4 is 17.5 Å². The molecule has 1 rings (SSSR count). The molecule has 0 aliphatic carbocycles. The molecule has 20 heavy (non-hydrogen) atoms. The number of carbonyl (C=O) groups is 2. The Balaban J connectivity index is 2.53. The topological polar surface area (TPSA) is 76.7 Å². The van der Waals surface area contributed by atoms with Gasteiger partial charge in [0, 0.05) is 19.9 Å². The lowest BCUT2D eigenvalue weighted by molar-refractivity contribution is -0.139. The van der Waals surface area contributed by atoms with E-state index < -0.39 is 23.9 Å². The average Bonchev–Trinajstić information content (AvgIpc) is 2.43. The van der Waals surface area contributed by atoms with Crippen LogP contribution in [0.15, 0.2) is 18.2 Å². The van der Waals surface area contributed by atoms with Gasteiger partial charge in [-0.25, -0.2) is 4.39 Å². The third-order valence-electron chi connectivity index (χ3n) is 2.59. The van der Waals surface area contributed by atoms with E-state index in [9.17, 15) is 14.0 Å². The van der Waals surface area contributed by atoms with E-state index in [-0.39, 0.29) is 12.2 Å². The first-order valence-electron chi connectivity index (χ1n) is 5.88. The molecule has 0 unspecified atom stereocenters. The molecule has 1 aromatic rings. The van der Waals surface area contributed by atoms with Crippen LogP contribution in [0.25, 0.3) is 0 Å². The Bertz CT molecular complexity index is 489. The fourth-order valence-electron chi connectivity index (χ4n) is 1.38. The first-order valence-corrected chi connectivity index (χ1v) is 5.88. The third kappa shape index (κ3) is 4.60. The number of benzene rings is 1. The van der Waals surface area contributed by atoms with Gasteiger partial charge in [0.25, 0.3) is 0 Å². The predicted octanol–water partition coefficient (Wildman–Crippen LogP) is 0.808. The second-order valence-corrected chi connectivity index (χ2v) is 4.03. The van der Waals surface area contributed by atoms with Crippen LogP contribution >= 0.6 is 0 Å². The van der Waals surface area contributed by atoms with Crippen molar-refractivity contribution in [3.63, 3.8) is 0 Å². The van der Waals surface area contributed by atoms with Crippen LogP contribution in [0.5, 0.6) is 0 Å². The average molecular weight is 284 g/mol. The number of anilines is 1. The van der Waals surface area contributed by atoms with Crippen LogP contribution in [-0.2, 0) is 19.1 Å². The minimum atomic E-state index is -0.890. The van der Waals surface area contributed by atoms with Gasteiger partial charge in [-0.05, 0) is 24.6 Å². The predicted molar refractivity (Wildman–Crippen MR) is 70.6 cm³/mol. The zero-order valence-corrected chi connectivity index (χ0v) is 11.5. The van der Waals surface area contributed by atoms with Gasteiger partial charge in [-0.15, -0.1) is 0 Å². The van der Waals surface area contributed by atoms with Gasteiger partial charge >= 0.3 is 11.8 Å². The molecule has 0 saturated heterocycles. The number of aryl methyl sites for hydroxylation is 1. The number of methoxy groups -OCH3 is 2. The summed E-state index contributed by atoms with van der Waals surface area (Å²) in [5.74, 6) is -2.20. The number of amides is 2. The van der Waals surface area contributed by atoms with Gasteiger partial charge in [-0.3, -0.25) is 9.59 Å². The second-order valence-electron chi connectivity index (χ2n) is 4.03. The fourth-order valence-corrected chi connectivity index (χ4v) is 1.38. The van der Waals surface area contributed by atoms with E-state index >= 15 is 0 Å². The summed E-state index contributed by atoms with van der Waals surface area (Å²) in [6.07, 6.45) is -0.636. The van der Waals surface area contributed by atoms with E-state index in [1.54, 1.807) is 6.92 Å². The second kappa shape index (κ2) is 7.56. The first-order chi connectivity index (χ1) is 9.47. The lowest BCUT2D eigenvalue weighted by atomic mass is 10.2. The maximum absolute atomic E-state index is 13.3. The zero-order chi connectivity index (χ0) is 15.1. The van der Waals surface area contributed by atoms with Gasteiger partial charge in [-0.2, -0.15) is 0 Å². The number of nitrogens with one attached hydrogen (secondary N) is 2. The minimum absolute atomic E-state index is 0.0293. The zero-order valence-electron chi connectivity index (χ0n) is 11.5. The smallest absolute Gasteiger partial charge is 0.313 e. The molecule has 110 valence electrons. The van der Waals surface area contributed by atoms with Gasteiger partial charge in [0.1, 0.15) is 5.82 Å². The molecule has 0 aliphatic rings. The monoisotopic (exact) mass is 284 g/mol. The normalized spacial score (nSPS) is 10.4. The number of ether oxygens (including phenoxy) is 2. The molecule has 1 aromatic carbocycles. The highest BCUT2D eigenvalue weighted by Crippen LogP contribution is 2.13. The van der Waals surface area contributed by atoms with Gasteiger partial charge < -0.3 is 20.1 Å². The lowest BCUT2D eigenvalue weighted by Gasteiger charge is -2.13. The number of hydrogen-bond donors (Lipinski definition) is 2. The Kier molecular flexibility index (Phi) is 6.08. The van der Waals surface area contributed by atoms with Crippen molar-refractivity contribution in [3.8, 4) is 0 Å². The summed E-state index contributed by atoms with van der Waals surface area (Å²) in [5, 5.41) is 4.63. The summed E-state index contributed by atoms with van der Waals surface area (Å²) in [5.41, 5.74) is 0.666.